The van der Waals surface area contributed by atoms with Crippen LogP contribution in [0.25, 0.3) is 0 Å². The predicted octanol–water partition coefficient (Wildman–Crippen LogP) is 3.05. The van der Waals surface area contributed by atoms with Crippen LogP contribution in [-0.2, 0) is 11.4 Å². The summed E-state index contributed by atoms with van der Waals surface area (Å²) in [6.07, 6.45) is 1.51. The van der Waals surface area contributed by atoms with Gasteiger partial charge in [0.25, 0.3) is 0 Å². The van der Waals surface area contributed by atoms with Gasteiger partial charge < -0.3 is 14.6 Å². The Kier molecular flexibility index (Phi) is 6.96. The highest BCUT2D eigenvalue weighted by atomic mass is 127. The monoisotopic (exact) mass is 468 g/mol. The zero-order valence-electron chi connectivity index (χ0n) is 14.2. The molecule has 0 aromatic heterocycles. The third-order valence-electron chi connectivity index (χ3n) is 3.27. The molecule has 0 saturated heterocycles. The fourth-order valence-corrected chi connectivity index (χ4v) is 2.83. The van der Waals surface area contributed by atoms with Gasteiger partial charge in [0.05, 0.1) is 22.5 Å². The number of hydrogen-bond acceptors (Lipinski definition) is 5. The summed E-state index contributed by atoms with van der Waals surface area (Å²) < 4.78 is 12.0. The van der Waals surface area contributed by atoms with E-state index in [9.17, 15) is 9.59 Å². The summed E-state index contributed by atoms with van der Waals surface area (Å²) >= 11 is 2.13. The van der Waals surface area contributed by atoms with Crippen LogP contribution in [0.1, 0.15) is 28.4 Å². The van der Waals surface area contributed by atoms with Crippen molar-refractivity contribution in [1.82, 2.24) is 5.43 Å². The Morgan fingerprint density at radius 1 is 1.27 bits per heavy atom. The van der Waals surface area contributed by atoms with Crippen LogP contribution < -0.4 is 14.9 Å². The SMILES string of the molecule is COc1cc(/C=N\NC(C)=O)cc(I)c1OCc1ccc(C(=O)O)cc1. The zero-order valence-corrected chi connectivity index (χ0v) is 16.3. The van der Waals surface area contributed by atoms with Gasteiger partial charge in [-0.3, -0.25) is 4.79 Å². The van der Waals surface area contributed by atoms with E-state index in [1.165, 1.54) is 32.4 Å². The van der Waals surface area contributed by atoms with Crippen molar-refractivity contribution < 1.29 is 24.2 Å². The van der Waals surface area contributed by atoms with Crippen LogP contribution >= 0.6 is 22.6 Å². The summed E-state index contributed by atoms with van der Waals surface area (Å²) in [4.78, 5) is 21.7. The highest BCUT2D eigenvalue weighted by Gasteiger charge is 2.12. The van der Waals surface area contributed by atoms with Crippen LogP contribution in [0.5, 0.6) is 11.5 Å². The van der Waals surface area contributed by atoms with Gasteiger partial charge in [-0.1, -0.05) is 12.1 Å². The maximum Gasteiger partial charge on any atom is 0.335 e. The molecule has 0 saturated carbocycles. The fraction of sp³-hybridized carbons (Fsp3) is 0.167. The van der Waals surface area contributed by atoms with E-state index in [4.69, 9.17) is 14.6 Å². The van der Waals surface area contributed by atoms with Crippen molar-refractivity contribution in [2.24, 2.45) is 5.10 Å². The average molecular weight is 468 g/mol. The summed E-state index contributed by atoms with van der Waals surface area (Å²) in [5.74, 6) is -0.114. The molecule has 2 rings (SSSR count). The van der Waals surface area contributed by atoms with Gasteiger partial charge in [-0.05, 0) is 58.0 Å². The molecule has 1 amide bonds. The topological polar surface area (TPSA) is 97.2 Å². The van der Waals surface area contributed by atoms with Crippen molar-refractivity contribution >= 4 is 40.7 Å². The number of carboxylic acid groups (broad SMARTS) is 1. The van der Waals surface area contributed by atoms with E-state index in [-0.39, 0.29) is 18.1 Å². The number of aromatic carboxylic acids is 1. The Labute approximate surface area is 164 Å². The van der Waals surface area contributed by atoms with Gasteiger partial charge in [0.15, 0.2) is 11.5 Å². The first kappa shape index (κ1) is 19.7. The minimum absolute atomic E-state index is 0.226. The summed E-state index contributed by atoms with van der Waals surface area (Å²) in [5.41, 5.74) is 4.15. The number of hydrazone groups is 1. The number of methoxy groups -OCH3 is 1. The van der Waals surface area contributed by atoms with Crippen LogP contribution in [-0.4, -0.2) is 30.3 Å². The van der Waals surface area contributed by atoms with E-state index in [0.29, 0.717) is 11.5 Å². The summed E-state index contributed by atoms with van der Waals surface area (Å²) in [6, 6.07) is 10.1. The molecule has 0 bridgehead atoms. The normalized spacial score (nSPS) is 10.6. The van der Waals surface area contributed by atoms with E-state index in [2.05, 4.69) is 33.1 Å². The number of nitrogens with one attached hydrogen (secondary N) is 1. The molecule has 0 spiro atoms. The molecule has 0 fully saturated rings. The molecule has 7 nitrogen and oxygen atoms in total. The molecule has 2 aromatic carbocycles. The Bertz CT molecular complexity index is 834. The van der Waals surface area contributed by atoms with Gasteiger partial charge in [-0.15, -0.1) is 0 Å². The lowest BCUT2D eigenvalue weighted by Gasteiger charge is -2.13. The minimum atomic E-state index is -0.967. The highest BCUT2D eigenvalue weighted by molar-refractivity contribution is 14.1. The first-order valence-electron chi connectivity index (χ1n) is 7.53. The van der Waals surface area contributed by atoms with E-state index in [1.54, 1.807) is 18.2 Å². The van der Waals surface area contributed by atoms with Crippen molar-refractivity contribution in [3.05, 3.63) is 56.7 Å². The zero-order chi connectivity index (χ0) is 19.1. The second-order valence-corrected chi connectivity index (χ2v) is 6.41. The van der Waals surface area contributed by atoms with Gasteiger partial charge in [0.1, 0.15) is 6.61 Å². The Morgan fingerprint density at radius 3 is 2.54 bits per heavy atom. The number of nitrogens with zero attached hydrogens (tertiary/aromatic N) is 1. The number of halogens is 1. The van der Waals surface area contributed by atoms with Crippen LogP contribution in [0, 0.1) is 3.57 Å². The molecule has 26 heavy (non-hydrogen) atoms. The number of benzene rings is 2. The van der Waals surface area contributed by atoms with E-state index in [1.807, 2.05) is 6.07 Å². The largest absolute Gasteiger partial charge is 0.493 e. The van der Waals surface area contributed by atoms with Crippen LogP contribution in [0.15, 0.2) is 41.5 Å². The smallest absolute Gasteiger partial charge is 0.335 e. The summed E-state index contributed by atoms with van der Waals surface area (Å²) in [5, 5.41) is 12.8. The molecule has 0 radical (unpaired) electrons. The lowest BCUT2D eigenvalue weighted by atomic mass is 10.1. The van der Waals surface area contributed by atoms with E-state index >= 15 is 0 Å². The molecule has 0 aliphatic rings. The predicted molar refractivity (Wildman–Crippen MR) is 105 cm³/mol. The summed E-state index contributed by atoms with van der Waals surface area (Å²) in [7, 11) is 1.54. The van der Waals surface area contributed by atoms with Crippen LogP contribution in [0.2, 0.25) is 0 Å². The molecule has 0 aliphatic heterocycles. The molecular weight excluding hydrogens is 451 g/mol. The number of amides is 1. The molecule has 0 heterocycles. The number of ether oxygens (including phenoxy) is 2. The lowest BCUT2D eigenvalue weighted by molar-refractivity contribution is -0.118. The highest BCUT2D eigenvalue weighted by Crippen LogP contribution is 2.34. The van der Waals surface area contributed by atoms with Gasteiger partial charge in [-0.2, -0.15) is 5.10 Å². The molecule has 8 heteroatoms. The number of rotatable bonds is 7. The first-order valence-corrected chi connectivity index (χ1v) is 8.60. The Morgan fingerprint density at radius 2 is 1.96 bits per heavy atom. The van der Waals surface area contributed by atoms with Crippen molar-refractivity contribution in [3.63, 3.8) is 0 Å². The van der Waals surface area contributed by atoms with Crippen molar-refractivity contribution in [3.8, 4) is 11.5 Å². The Balaban J connectivity index is 2.14. The van der Waals surface area contributed by atoms with E-state index in [0.717, 1.165) is 14.7 Å². The van der Waals surface area contributed by atoms with Gasteiger partial charge in [0, 0.05) is 6.92 Å². The third kappa shape index (κ3) is 5.45. The van der Waals surface area contributed by atoms with E-state index < -0.39 is 5.97 Å². The standard InChI is InChI=1S/C18H17IN2O5/c1-11(22)21-20-9-13-7-15(19)17(16(8-13)25-2)26-10-12-3-5-14(6-4-12)18(23)24/h3-9H,10H2,1-2H3,(H,21,22)(H,23,24)/b20-9-. The minimum Gasteiger partial charge on any atom is -0.493 e. The molecule has 2 aromatic rings. The number of hydrogen-bond donors (Lipinski definition) is 2. The lowest BCUT2D eigenvalue weighted by Crippen LogP contribution is -2.12. The van der Waals surface area contributed by atoms with Gasteiger partial charge >= 0.3 is 5.97 Å². The molecule has 136 valence electrons. The molecule has 0 atom stereocenters. The molecule has 0 aliphatic carbocycles. The second kappa shape index (κ2) is 9.18. The maximum absolute atomic E-state index is 10.9. The number of carboxylic acids is 1. The third-order valence-corrected chi connectivity index (χ3v) is 4.07. The van der Waals surface area contributed by atoms with Crippen LogP contribution in [0.4, 0.5) is 0 Å². The first-order chi connectivity index (χ1) is 12.4. The number of carbonyl (C=O) groups is 2. The van der Waals surface area contributed by atoms with Crippen molar-refractivity contribution in [1.29, 1.82) is 0 Å². The molecular formula is C18H17IN2O5. The van der Waals surface area contributed by atoms with Crippen LogP contribution in [0.3, 0.4) is 0 Å². The average Bonchev–Trinajstić information content (AvgIpc) is 2.60. The summed E-state index contributed by atoms with van der Waals surface area (Å²) in [6.45, 7) is 1.65. The maximum atomic E-state index is 10.9. The van der Waals surface area contributed by atoms with Gasteiger partial charge in [-0.25, -0.2) is 10.2 Å². The molecule has 2 N–H and O–H groups in total. The molecule has 0 unspecified atom stereocenters. The van der Waals surface area contributed by atoms with Crippen molar-refractivity contribution in [2.75, 3.05) is 7.11 Å². The number of carbonyl (C=O) groups excluding carboxylic acids is 1. The fourth-order valence-electron chi connectivity index (χ4n) is 2.05. The van der Waals surface area contributed by atoms with Crippen molar-refractivity contribution in [2.45, 2.75) is 13.5 Å². The van der Waals surface area contributed by atoms with Gasteiger partial charge in [0.2, 0.25) is 5.91 Å². The quantitative estimate of drug-likeness (QED) is 0.370. The Hall–Kier alpha value is -2.62. The second-order valence-electron chi connectivity index (χ2n) is 5.25.